The van der Waals surface area contributed by atoms with Crippen molar-refractivity contribution in [3.8, 4) is 33.4 Å². The number of hydrogen-bond acceptors (Lipinski definition) is 2. The van der Waals surface area contributed by atoms with Crippen LogP contribution >= 0.6 is 0 Å². The summed E-state index contributed by atoms with van der Waals surface area (Å²) in [7, 11) is 0. The van der Waals surface area contributed by atoms with Crippen molar-refractivity contribution in [2.75, 3.05) is 9.80 Å². The highest BCUT2D eigenvalue weighted by Gasteiger charge is 2.16. The molecule has 9 aromatic carbocycles. The first kappa shape index (κ1) is 32.7. The molecule has 0 radical (unpaired) electrons. The first-order valence-corrected chi connectivity index (χ1v) is 18.4. The molecule has 0 aromatic heterocycles. The summed E-state index contributed by atoms with van der Waals surface area (Å²) in [5.74, 6) is 0. The Kier molecular flexibility index (Phi) is 8.99. The average molecular weight is 691 g/mol. The van der Waals surface area contributed by atoms with Crippen LogP contribution in [0.25, 0.3) is 44.2 Å². The highest BCUT2D eigenvalue weighted by molar-refractivity contribution is 5.99. The minimum atomic E-state index is 1.11. The van der Waals surface area contributed by atoms with E-state index in [1.807, 2.05) is 0 Å². The van der Waals surface area contributed by atoms with Crippen molar-refractivity contribution >= 4 is 44.9 Å². The summed E-state index contributed by atoms with van der Waals surface area (Å²) in [5.41, 5.74) is 13.9. The van der Waals surface area contributed by atoms with Gasteiger partial charge < -0.3 is 9.80 Å². The van der Waals surface area contributed by atoms with Crippen molar-refractivity contribution in [1.82, 2.24) is 0 Å². The second kappa shape index (κ2) is 14.8. The van der Waals surface area contributed by atoms with Crippen LogP contribution in [0.4, 0.5) is 34.1 Å². The lowest BCUT2D eigenvalue weighted by molar-refractivity contribution is 1.28. The van der Waals surface area contributed by atoms with E-state index in [2.05, 4.69) is 240 Å². The van der Waals surface area contributed by atoms with Crippen molar-refractivity contribution in [2.45, 2.75) is 0 Å². The van der Waals surface area contributed by atoms with E-state index in [0.29, 0.717) is 0 Å². The lowest BCUT2D eigenvalue weighted by Gasteiger charge is -2.27. The molecule has 0 amide bonds. The average Bonchev–Trinajstić information content (AvgIpc) is 3.25. The number of fused-ring (bicyclic) bond motifs is 1. The summed E-state index contributed by atoms with van der Waals surface area (Å²) in [6.45, 7) is 0. The maximum absolute atomic E-state index is 2.35. The fraction of sp³-hybridized carbons (Fsp3) is 0. The Balaban J connectivity index is 1.08. The lowest BCUT2D eigenvalue weighted by atomic mass is 9.97. The van der Waals surface area contributed by atoms with Crippen molar-refractivity contribution < 1.29 is 0 Å². The summed E-state index contributed by atoms with van der Waals surface area (Å²) < 4.78 is 0. The van der Waals surface area contributed by atoms with Gasteiger partial charge in [0.05, 0.1) is 0 Å². The molecule has 256 valence electrons. The Morgan fingerprint density at radius 1 is 0.222 bits per heavy atom. The minimum Gasteiger partial charge on any atom is -0.310 e. The van der Waals surface area contributed by atoms with Gasteiger partial charge in [-0.25, -0.2) is 0 Å². The molecule has 9 rings (SSSR count). The molecule has 0 unspecified atom stereocenters. The van der Waals surface area contributed by atoms with Crippen LogP contribution in [0.5, 0.6) is 0 Å². The fourth-order valence-electron chi connectivity index (χ4n) is 7.41. The van der Waals surface area contributed by atoms with Crippen LogP contribution in [0, 0.1) is 0 Å². The van der Waals surface area contributed by atoms with Crippen LogP contribution in [-0.4, -0.2) is 0 Å². The zero-order valence-corrected chi connectivity index (χ0v) is 29.8. The number of nitrogens with zero attached hydrogens (tertiary/aromatic N) is 2. The lowest BCUT2D eigenvalue weighted by Crippen LogP contribution is -2.10. The molecule has 0 bridgehead atoms. The first-order valence-electron chi connectivity index (χ1n) is 18.4. The molecule has 0 N–H and O–H groups in total. The summed E-state index contributed by atoms with van der Waals surface area (Å²) in [6.07, 6.45) is 0. The zero-order chi connectivity index (χ0) is 36.1. The van der Waals surface area contributed by atoms with Gasteiger partial charge in [0.2, 0.25) is 0 Å². The Labute approximate surface area is 317 Å². The Hall–Kier alpha value is -7.16. The van der Waals surface area contributed by atoms with Gasteiger partial charge >= 0.3 is 0 Å². The number of benzene rings is 9. The summed E-state index contributed by atoms with van der Waals surface area (Å²) >= 11 is 0. The van der Waals surface area contributed by atoms with Crippen LogP contribution in [0.15, 0.2) is 231 Å². The Morgan fingerprint density at radius 3 is 1.15 bits per heavy atom. The zero-order valence-electron chi connectivity index (χ0n) is 29.8. The van der Waals surface area contributed by atoms with Gasteiger partial charge in [-0.05, 0) is 117 Å². The molecular weight excluding hydrogens is 653 g/mol. The van der Waals surface area contributed by atoms with E-state index in [4.69, 9.17) is 0 Å². The van der Waals surface area contributed by atoms with Gasteiger partial charge in [-0.2, -0.15) is 0 Å². The third-order valence-electron chi connectivity index (χ3n) is 10.0. The third kappa shape index (κ3) is 6.65. The van der Waals surface area contributed by atoms with Gasteiger partial charge in [0.1, 0.15) is 0 Å². The van der Waals surface area contributed by atoms with Crippen LogP contribution in [0.3, 0.4) is 0 Å². The topological polar surface area (TPSA) is 6.48 Å². The highest BCUT2D eigenvalue weighted by atomic mass is 15.1. The number of hydrogen-bond donors (Lipinski definition) is 0. The van der Waals surface area contributed by atoms with Gasteiger partial charge in [0, 0.05) is 34.1 Å². The molecule has 0 fully saturated rings. The molecule has 2 nitrogen and oxygen atoms in total. The molecule has 2 heteroatoms. The first-order chi connectivity index (χ1) is 26.8. The van der Waals surface area contributed by atoms with Gasteiger partial charge in [-0.15, -0.1) is 0 Å². The number of rotatable bonds is 9. The number of anilines is 6. The summed E-state index contributed by atoms with van der Waals surface area (Å²) in [6, 6.07) is 82.4. The standard InChI is InChI=1S/C52H38N2/c1-5-16-39(17-6-1)42-20-13-27-48(36-42)53(45-23-9-3-10-24-45)47-32-30-41(31-33-47)51-29-15-22-44-38-50(34-35-52(44)51)54(46-25-11-4-12-26-46)49-28-14-21-43(37-49)40-18-7-2-8-19-40/h1-38H. The van der Waals surface area contributed by atoms with E-state index in [0.717, 1.165) is 34.1 Å². The molecular formula is C52H38N2. The van der Waals surface area contributed by atoms with Gasteiger partial charge in [-0.3, -0.25) is 0 Å². The van der Waals surface area contributed by atoms with Gasteiger partial charge in [0.25, 0.3) is 0 Å². The van der Waals surface area contributed by atoms with Crippen LogP contribution in [0.2, 0.25) is 0 Å². The van der Waals surface area contributed by atoms with E-state index in [9.17, 15) is 0 Å². The molecule has 0 saturated carbocycles. The predicted octanol–water partition coefficient (Wildman–Crippen LogP) is 14.8. The molecule has 0 atom stereocenters. The number of para-hydroxylation sites is 2. The molecule has 0 saturated heterocycles. The Morgan fingerprint density at radius 2 is 0.611 bits per heavy atom. The van der Waals surface area contributed by atoms with Gasteiger partial charge in [-0.1, -0.05) is 158 Å². The molecule has 0 aliphatic carbocycles. The van der Waals surface area contributed by atoms with Crippen LogP contribution in [0.1, 0.15) is 0 Å². The van der Waals surface area contributed by atoms with E-state index in [1.165, 1.54) is 44.2 Å². The largest absolute Gasteiger partial charge is 0.310 e. The molecule has 0 spiro atoms. The highest BCUT2D eigenvalue weighted by Crippen LogP contribution is 2.41. The van der Waals surface area contributed by atoms with Gasteiger partial charge in [0.15, 0.2) is 0 Å². The molecule has 0 heterocycles. The molecule has 54 heavy (non-hydrogen) atoms. The normalized spacial score (nSPS) is 11.0. The van der Waals surface area contributed by atoms with Crippen molar-refractivity contribution in [3.63, 3.8) is 0 Å². The maximum atomic E-state index is 2.35. The summed E-state index contributed by atoms with van der Waals surface area (Å²) in [5, 5.41) is 2.41. The van der Waals surface area contributed by atoms with Crippen LogP contribution in [-0.2, 0) is 0 Å². The summed E-state index contributed by atoms with van der Waals surface area (Å²) in [4.78, 5) is 4.68. The maximum Gasteiger partial charge on any atom is 0.0468 e. The fourth-order valence-corrected chi connectivity index (χ4v) is 7.41. The minimum absolute atomic E-state index is 1.11. The van der Waals surface area contributed by atoms with E-state index < -0.39 is 0 Å². The molecule has 0 aliphatic heterocycles. The van der Waals surface area contributed by atoms with Crippen molar-refractivity contribution in [3.05, 3.63) is 231 Å². The third-order valence-corrected chi connectivity index (χ3v) is 10.0. The predicted molar refractivity (Wildman–Crippen MR) is 230 cm³/mol. The quantitative estimate of drug-likeness (QED) is 0.149. The van der Waals surface area contributed by atoms with Crippen LogP contribution < -0.4 is 9.80 Å². The second-order valence-electron chi connectivity index (χ2n) is 13.4. The second-order valence-corrected chi connectivity index (χ2v) is 13.4. The smallest absolute Gasteiger partial charge is 0.0468 e. The van der Waals surface area contributed by atoms with E-state index in [1.54, 1.807) is 0 Å². The van der Waals surface area contributed by atoms with Crippen molar-refractivity contribution in [2.24, 2.45) is 0 Å². The van der Waals surface area contributed by atoms with E-state index >= 15 is 0 Å². The molecule has 9 aromatic rings. The Bertz CT molecular complexity index is 2640. The van der Waals surface area contributed by atoms with Crippen molar-refractivity contribution in [1.29, 1.82) is 0 Å². The SMILES string of the molecule is c1ccc(-c2cccc(N(c3ccccc3)c3ccc(-c4cccc5cc(N(c6ccccc6)c6cccc(-c7ccccc7)c6)ccc45)cc3)c2)cc1. The monoisotopic (exact) mass is 690 g/mol. The molecule has 0 aliphatic rings. The van der Waals surface area contributed by atoms with E-state index in [-0.39, 0.29) is 0 Å².